The van der Waals surface area contributed by atoms with Crippen molar-refractivity contribution in [1.29, 1.82) is 0 Å². The van der Waals surface area contributed by atoms with E-state index < -0.39 is 6.10 Å². The van der Waals surface area contributed by atoms with Crippen molar-refractivity contribution in [3.63, 3.8) is 0 Å². The minimum atomic E-state index is -0.438. The fraction of sp³-hybridized carbons (Fsp3) is 0.474. The Morgan fingerprint density at radius 1 is 1.24 bits per heavy atom. The van der Waals surface area contributed by atoms with Crippen molar-refractivity contribution in [1.82, 2.24) is 20.2 Å². The molecule has 1 aromatic carbocycles. The van der Waals surface area contributed by atoms with Gasteiger partial charge in [-0.05, 0) is 24.8 Å². The maximum Gasteiger partial charge on any atom is 0.315 e. The number of imidazole rings is 1. The second kappa shape index (κ2) is 8.67. The number of rotatable bonds is 6. The van der Waals surface area contributed by atoms with Crippen LogP contribution in [0.3, 0.4) is 0 Å². The second-order valence-corrected chi connectivity index (χ2v) is 6.56. The maximum absolute atomic E-state index is 12.1. The molecule has 0 saturated heterocycles. The molecule has 2 aromatic rings. The van der Waals surface area contributed by atoms with Gasteiger partial charge < -0.3 is 20.3 Å². The van der Waals surface area contributed by atoms with E-state index in [1.807, 2.05) is 24.4 Å². The van der Waals surface area contributed by atoms with Crippen LogP contribution in [0.15, 0.2) is 42.7 Å². The molecule has 134 valence electrons. The van der Waals surface area contributed by atoms with Gasteiger partial charge in [0, 0.05) is 18.9 Å². The normalized spacial score (nSPS) is 20.2. The molecular formula is C19H26N4O2. The van der Waals surface area contributed by atoms with Gasteiger partial charge in [-0.2, -0.15) is 0 Å². The van der Waals surface area contributed by atoms with Crippen molar-refractivity contribution in [3.8, 4) is 0 Å². The summed E-state index contributed by atoms with van der Waals surface area (Å²) < 4.78 is 2.06. The summed E-state index contributed by atoms with van der Waals surface area (Å²) in [6.45, 7) is 1.19. The number of aromatic nitrogens is 2. The van der Waals surface area contributed by atoms with Crippen LogP contribution in [0.4, 0.5) is 4.79 Å². The number of hydrogen-bond donors (Lipinski definition) is 3. The number of amides is 2. The molecule has 1 aliphatic rings. The quantitative estimate of drug-likeness (QED) is 0.753. The number of aliphatic hydroxyl groups is 1. The molecule has 1 aromatic heterocycles. The van der Waals surface area contributed by atoms with Gasteiger partial charge in [0.25, 0.3) is 0 Å². The summed E-state index contributed by atoms with van der Waals surface area (Å²) in [5.74, 6) is 0.829. The second-order valence-electron chi connectivity index (χ2n) is 6.56. The lowest BCUT2D eigenvalue weighted by molar-refractivity contribution is 0.0943. The van der Waals surface area contributed by atoms with E-state index in [1.165, 1.54) is 5.56 Å². The topological polar surface area (TPSA) is 79.2 Å². The van der Waals surface area contributed by atoms with Crippen molar-refractivity contribution in [2.75, 3.05) is 0 Å². The number of carbonyl (C=O) groups is 1. The van der Waals surface area contributed by atoms with Crippen LogP contribution in [0.1, 0.15) is 37.1 Å². The number of aryl methyl sites for hydroxylation is 2. The summed E-state index contributed by atoms with van der Waals surface area (Å²) in [4.78, 5) is 16.4. The average Bonchev–Trinajstić information content (AvgIpc) is 3.08. The molecular weight excluding hydrogens is 316 g/mol. The smallest absolute Gasteiger partial charge is 0.315 e. The number of hydrogen-bond acceptors (Lipinski definition) is 3. The summed E-state index contributed by atoms with van der Waals surface area (Å²) in [6, 6.07) is 9.91. The van der Waals surface area contributed by atoms with Crippen molar-refractivity contribution < 1.29 is 9.90 Å². The molecule has 6 nitrogen and oxygen atoms in total. The Balaban J connectivity index is 1.47. The summed E-state index contributed by atoms with van der Waals surface area (Å²) in [6.07, 6.45) is 7.84. The Morgan fingerprint density at radius 3 is 2.84 bits per heavy atom. The largest absolute Gasteiger partial charge is 0.391 e. The number of aliphatic hydroxyl groups excluding tert-OH is 1. The first kappa shape index (κ1) is 17.5. The van der Waals surface area contributed by atoms with Crippen LogP contribution < -0.4 is 10.6 Å². The van der Waals surface area contributed by atoms with Crippen LogP contribution in [0.5, 0.6) is 0 Å². The van der Waals surface area contributed by atoms with E-state index in [9.17, 15) is 9.90 Å². The van der Waals surface area contributed by atoms with Crippen LogP contribution in [-0.2, 0) is 19.5 Å². The molecule has 2 atom stereocenters. The zero-order valence-corrected chi connectivity index (χ0v) is 14.4. The molecule has 1 saturated carbocycles. The highest BCUT2D eigenvalue weighted by Gasteiger charge is 2.24. The minimum Gasteiger partial charge on any atom is -0.391 e. The molecule has 1 fully saturated rings. The first-order valence-electron chi connectivity index (χ1n) is 8.99. The van der Waals surface area contributed by atoms with Crippen molar-refractivity contribution >= 4 is 6.03 Å². The van der Waals surface area contributed by atoms with Gasteiger partial charge >= 0.3 is 6.03 Å². The van der Waals surface area contributed by atoms with Crippen molar-refractivity contribution in [2.24, 2.45) is 0 Å². The van der Waals surface area contributed by atoms with E-state index in [4.69, 9.17) is 0 Å². The number of nitrogens with one attached hydrogen (secondary N) is 2. The Kier molecular flexibility index (Phi) is 6.06. The monoisotopic (exact) mass is 342 g/mol. The molecule has 3 N–H and O–H groups in total. The number of carbonyl (C=O) groups excluding carboxylic acids is 1. The summed E-state index contributed by atoms with van der Waals surface area (Å²) >= 11 is 0. The van der Waals surface area contributed by atoms with Crippen molar-refractivity contribution in [2.45, 2.75) is 57.3 Å². The average molecular weight is 342 g/mol. The van der Waals surface area contributed by atoms with E-state index in [2.05, 4.69) is 32.3 Å². The third-order valence-corrected chi connectivity index (χ3v) is 4.74. The van der Waals surface area contributed by atoms with Crippen LogP contribution in [0, 0.1) is 0 Å². The van der Waals surface area contributed by atoms with E-state index in [0.717, 1.165) is 44.5 Å². The van der Waals surface area contributed by atoms with E-state index in [1.54, 1.807) is 6.20 Å². The standard InChI is InChI=1S/C19H26N4O2/c24-17-9-5-4-8-16(17)22-19(25)21-14-18-20-11-13-23(18)12-10-15-6-2-1-3-7-15/h1-3,6-7,11,13,16-17,24H,4-5,8-10,12,14H2,(H2,21,22,25)/t16-,17+/m1/s1. The van der Waals surface area contributed by atoms with E-state index >= 15 is 0 Å². The molecule has 1 heterocycles. The first-order chi connectivity index (χ1) is 12.2. The Labute approximate surface area is 148 Å². The first-order valence-corrected chi connectivity index (χ1v) is 8.99. The molecule has 0 bridgehead atoms. The van der Waals surface area contributed by atoms with Gasteiger partial charge in [0.1, 0.15) is 5.82 Å². The number of benzene rings is 1. The Bertz CT molecular complexity index is 671. The molecule has 0 radical (unpaired) electrons. The zero-order chi connectivity index (χ0) is 17.5. The molecule has 2 amide bonds. The highest BCUT2D eigenvalue weighted by Crippen LogP contribution is 2.18. The van der Waals surface area contributed by atoms with Gasteiger partial charge in [-0.1, -0.05) is 43.2 Å². The Hall–Kier alpha value is -2.34. The molecule has 1 aliphatic carbocycles. The third kappa shape index (κ3) is 5.06. The predicted molar refractivity (Wildman–Crippen MR) is 96.0 cm³/mol. The molecule has 0 aliphatic heterocycles. The van der Waals surface area contributed by atoms with Crippen LogP contribution in [-0.4, -0.2) is 32.8 Å². The van der Waals surface area contributed by atoms with Crippen molar-refractivity contribution in [3.05, 3.63) is 54.1 Å². The fourth-order valence-corrected chi connectivity index (χ4v) is 3.26. The molecule has 3 rings (SSSR count). The number of nitrogens with zero attached hydrogens (tertiary/aromatic N) is 2. The predicted octanol–water partition coefficient (Wildman–Crippen LogP) is 2.23. The lowest BCUT2D eigenvalue weighted by atomic mass is 9.93. The Morgan fingerprint density at radius 2 is 2.04 bits per heavy atom. The van der Waals surface area contributed by atoms with Gasteiger partial charge in [0.2, 0.25) is 0 Å². The minimum absolute atomic E-state index is 0.147. The lowest BCUT2D eigenvalue weighted by Crippen LogP contribution is -2.48. The number of urea groups is 1. The van der Waals surface area contributed by atoms with Gasteiger partial charge in [-0.15, -0.1) is 0 Å². The maximum atomic E-state index is 12.1. The molecule has 0 spiro atoms. The van der Waals surface area contributed by atoms with Crippen LogP contribution >= 0.6 is 0 Å². The summed E-state index contributed by atoms with van der Waals surface area (Å²) in [7, 11) is 0. The SMILES string of the molecule is O=C(NCc1nccn1CCc1ccccc1)N[C@@H]1CCCC[C@@H]1O. The van der Waals surface area contributed by atoms with Gasteiger partial charge in [0.05, 0.1) is 18.7 Å². The fourth-order valence-electron chi connectivity index (χ4n) is 3.26. The van der Waals surface area contributed by atoms with Crippen LogP contribution in [0.25, 0.3) is 0 Å². The van der Waals surface area contributed by atoms with E-state index in [0.29, 0.717) is 6.54 Å². The molecule has 6 heteroatoms. The van der Waals surface area contributed by atoms with Gasteiger partial charge in [0.15, 0.2) is 0 Å². The highest BCUT2D eigenvalue weighted by atomic mass is 16.3. The molecule has 25 heavy (non-hydrogen) atoms. The molecule has 0 unspecified atom stereocenters. The highest BCUT2D eigenvalue weighted by molar-refractivity contribution is 5.74. The van der Waals surface area contributed by atoms with E-state index in [-0.39, 0.29) is 12.1 Å². The third-order valence-electron chi connectivity index (χ3n) is 4.74. The van der Waals surface area contributed by atoms with Gasteiger partial charge in [-0.25, -0.2) is 9.78 Å². The van der Waals surface area contributed by atoms with Gasteiger partial charge in [-0.3, -0.25) is 0 Å². The summed E-state index contributed by atoms with van der Waals surface area (Å²) in [5.41, 5.74) is 1.28. The zero-order valence-electron chi connectivity index (χ0n) is 14.4. The lowest BCUT2D eigenvalue weighted by Gasteiger charge is -2.28. The van der Waals surface area contributed by atoms with Crippen LogP contribution in [0.2, 0.25) is 0 Å². The summed E-state index contributed by atoms with van der Waals surface area (Å²) in [5, 5.41) is 15.7.